The maximum absolute atomic E-state index is 12.1. The number of carbonyl (C=O) groups is 2. The van der Waals surface area contributed by atoms with Gasteiger partial charge >= 0.3 is 24.4 Å². The molecule has 0 atom stereocenters. The van der Waals surface area contributed by atoms with Crippen LogP contribution in [0.4, 0.5) is 46.2 Å². The molecular weight excluding hydrogens is 466 g/mol. The fourth-order valence-electron chi connectivity index (χ4n) is 1.44. The first kappa shape index (κ1) is 25.3. The van der Waals surface area contributed by atoms with E-state index in [1.165, 1.54) is 28.2 Å². The third-order valence-corrected chi connectivity index (χ3v) is 5.01. The molecule has 2 rings (SSSR count). The summed E-state index contributed by atoms with van der Waals surface area (Å²) >= 11 is 0.619. The van der Waals surface area contributed by atoms with Gasteiger partial charge in [-0.3, -0.25) is 9.80 Å². The summed E-state index contributed by atoms with van der Waals surface area (Å²) in [5.74, 6) is 0. The van der Waals surface area contributed by atoms with Crippen LogP contribution in [0, 0.1) is 0 Å². The van der Waals surface area contributed by atoms with E-state index >= 15 is 0 Å². The monoisotopic (exact) mass is 480 g/mol. The summed E-state index contributed by atoms with van der Waals surface area (Å²) in [7, 11) is 5.34. The van der Waals surface area contributed by atoms with Crippen molar-refractivity contribution >= 4 is 45.0 Å². The average molecular weight is 480 g/mol. The molecule has 2 heterocycles. The third-order valence-electron chi connectivity index (χ3n) is 2.92. The lowest BCUT2D eigenvalue weighted by Gasteiger charge is -2.11. The average Bonchev–Trinajstić information content (AvgIpc) is 3.35. The number of halogens is 6. The molecule has 0 saturated heterocycles. The van der Waals surface area contributed by atoms with E-state index in [0.717, 1.165) is 9.80 Å². The maximum atomic E-state index is 12.1. The van der Waals surface area contributed by atoms with Crippen LogP contribution in [0.15, 0.2) is 0 Å². The second kappa shape index (κ2) is 9.83. The summed E-state index contributed by atoms with van der Waals surface area (Å²) in [6.45, 7) is 0. The number of nitrogens with zero attached hydrogens (tertiary/aromatic N) is 6. The summed E-state index contributed by atoms with van der Waals surface area (Å²) in [6.07, 6.45) is -9.06. The van der Waals surface area contributed by atoms with E-state index in [4.69, 9.17) is 0 Å². The summed E-state index contributed by atoms with van der Waals surface area (Å²) in [5, 5.41) is 14.6. The van der Waals surface area contributed by atoms with E-state index in [0.29, 0.717) is 22.7 Å². The second-order valence-electron chi connectivity index (χ2n) is 5.00. The minimum atomic E-state index is -4.53. The minimum absolute atomic E-state index is 0.110. The molecule has 168 valence electrons. The van der Waals surface area contributed by atoms with Crippen LogP contribution in [0.3, 0.4) is 0 Å². The molecule has 0 aliphatic rings. The number of nitrogens with one attached hydrogen (secondary N) is 2. The van der Waals surface area contributed by atoms with Crippen molar-refractivity contribution in [2.24, 2.45) is 0 Å². The zero-order valence-corrected chi connectivity index (χ0v) is 17.2. The van der Waals surface area contributed by atoms with Crippen molar-refractivity contribution in [3.63, 3.8) is 0 Å². The molecule has 2 aromatic rings. The molecule has 2 N–H and O–H groups in total. The van der Waals surface area contributed by atoms with Gasteiger partial charge in [0.05, 0.1) is 0 Å². The van der Waals surface area contributed by atoms with Crippen LogP contribution in [0.25, 0.3) is 0 Å². The second-order valence-corrected chi connectivity index (χ2v) is 6.92. The number of rotatable bonds is 2. The summed E-state index contributed by atoms with van der Waals surface area (Å²) in [4.78, 5) is 24.0. The first-order valence-corrected chi connectivity index (χ1v) is 9.07. The first-order chi connectivity index (χ1) is 13.7. The van der Waals surface area contributed by atoms with Crippen LogP contribution in [0.5, 0.6) is 0 Å². The van der Waals surface area contributed by atoms with E-state index in [-0.39, 0.29) is 10.3 Å². The summed E-state index contributed by atoms with van der Waals surface area (Å²) in [5.41, 5.74) is 0. The number of urea groups is 2. The third kappa shape index (κ3) is 6.65. The van der Waals surface area contributed by atoms with Gasteiger partial charge in [-0.2, -0.15) is 26.3 Å². The van der Waals surface area contributed by atoms with E-state index < -0.39 is 34.4 Å². The number of anilines is 2. The van der Waals surface area contributed by atoms with Crippen molar-refractivity contribution in [1.82, 2.24) is 31.0 Å². The van der Waals surface area contributed by atoms with Crippen LogP contribution in [0.2, 0.25) is 0 Å². The van der Waals surface area contributed by atoms with Gasteiger partial charge in [0.15, 0.2) is 0 Å². The number of hydrogen-bond donors (Lipinski definition) is 2. The fraction of sp³-hybridized carbons (Fsp3) is 0.500. The largest absolute Gasteiger partial charge is 0.445 e. The van der Waals surface area contributed by atoms with Crippen molar-refractivity contribution in [2.45, 2.75) is 12.4 Å². The lowest BCUT2D eigenvalue weighted by molar-refractivity contribution is -0.138. The quantitative estimate of drug-likeness (QED) is 0.639. The van der Waals surface area contributed by atoms with Crippen LogP contribution in [0.1, 0.15) is 10.0 Å². The number of carbonyl (C=O) groups excluding carboxylic acids is 2. The van der Waals surface area contributed by atoms with Gasteiger partial charge < -0.3 is 10.6 Å². The molecule has 0 aromatic carbocycles. The number of amides is 4. The summed E-state index contributed by atoms with van der Waals surface area (Å²) < 4.78 is 72.8. The van der Waals surface area contributed by atoms with Crippen molar-refractivity contribution in [3.8, 4) is 0 Å². The van der Waals surface area contributed by atoms with Gasteiger partial charge in [-0.25, -0.2) is 9.59 Å². The highest BCUT2D eigenvalue weighted by Crippen LogP contribution is 2.34. The van der Waals surface area contributed by atoms with Gasteiger partial charge in [-0.15, -0.1) is 20.4 Å². The van der Waals surface area contributed by atoms with Gasteiger partial charge in [0.25, 0.3) is 0 Å². The van der Waals surface area contributed by atoms with Gasteiger partial charge in [0.2, 0.25) is 20.3 Å². The summed E-state index contributed by atoms with van der Waals surface area (Å²) in [6, 6.07) is -1.11. The molecule has 2 aromatic heterocycles. The van der Waals surface area contributed by atoms with E-state index in [1.807, 2.05) is 0 Å². The molecule has 0 saturated carbocycles. The Hall–Kier alpha value is -2.76. The lowest BCUT2D eigenvalue weighted by Crippen LogP contribution is -2.34. The number of aromatic nitrogens is 4. The van der Waals surface area contributed by atoms with Crippen LogP contribution in [-0.4, -0.2) is 60.6 Å². The van der Waals surface area contributed by atoms with Crippen LogP contribution < -0.4 is 20.4 Å². The Bertz CT molecular complexity index is 797. The molecule has 0 bridgehead atoms. The van der Waals surface area contributed by atoms with Gasteiger partial charge in [-0.05, 0) is 0 Å². The van der Waals surface area contributed by atoms with Gasteiger partial charge in [-0.1, -0.05) is 22.7 Å². The molecule has 0 unspecified atom stereocenters. The Balaban J connectivity index is 0.000000300. The van der Waals surface area contributed by atoms with Crippen LogP contribution in [-0.2, 0) is 12.4 Å². The topological polar surface area (TPSA) is 116 Å². The zero-order chi connectivity index (χ0) is 23.3. The smallest absolute Gasteiger partial charge is 0.341 e. The standard InChI is InChI=1S/2C6H7F3N4OS/c2*1-10-4(14)13(2)5-12-11-3(15-5)6(7,8)9/h2*1-2H3,(H,10,14). The zero-order valence-electron chi connectivity index (χ0n) is 15.6. The molecule has 18 heteroatoms. The van der Waals surface area contributed by atoms with Crippen molar-refractivity contribution in [3.05, 3.63) is 10.0 Å². The normalized spacial score (nSPS) is 11.3. The van der Waals surface area contributed by atoms with Crippen molar-refractivity contribution < 1.29 is 35.9 Å². The molecule has 30 heavy (non-hydrogen) atoms. The molecule has 0 radical (unpaired) electrons. The Morgan fingerprint density at radius 3 is 1.23 bits per heavy atom. The predicted octanol–water partition coefficient (Wildman–Crippen LogP) is 2.67. The maximum Gasteiger partial charge on any atom is 0.445 e. The molecule has 4 amide bonds. The highest BCUT2D eigenvalue weighted by atomic mass is 32.1. The highest BCUT2D eigenvalue weighted by molar-refractivity contribution is 7.15. The van der Waals surface area contributed by atoms with Crippen molar-refractivity contribution in [2.75, 3.05) is 38.0 Å². The van der Waals surface area contributed by atoms with E-state index in [9.17, 15) is 35.9 Å². The van der Waals surface area contributed by atoms with E-state index in [1.54, 1.807) is 0 Å². The Morgan fingerprint density at radius 2 is 1.03 bits per heavy atom. The molecule has 10 nitrogen and oxygen atoms in total. The lowest BCUT2D eigenvalue weighted by atomic mass is 10.7. The first-order valence-electron chi connectivity index (χ1n) is 7.44. The van der Waals surface area contributed by atoms with Gasteiger partial charge in [0, 0.05) is 28.2 Å². The molecule has 0 fully saturated rings. The Morgan fingerprint density at radius 1 is 0.733 bits per heavy atom. The number of alkyl halides is 6. The molecule has 0 aliphatic heterocycles. The minimum Gasteiger partial charge on any atom is -0.341 e. The highest BCUT2D eigenvalue weighted by Gasteiger charge is 2.37. The van der Waals surface area contributed by atoms with Crippen molar-refractivity contribution in [1.29, 1.82) is 0 Å². The number of hydrogen-bond acceptors (Lipinski definition) is 8. The molecule has 0 spiro atoms. The molecular formula is C12H14F6N8O2S2. The van der Waals surface area contributed by atoms with Gasteiger partial charge in [0.1, 0.15) is 0 Å². The Labute approximate surface area is 172 Å². The fourth-order valence-corrected chi connectivity index (χ4v) is 2.78. The SMILES string of the molecule is CNC(=O)N(C)c1nnc(C(F)(F)F)s1.CNC(=O)N(C)c1nnc(C(F)(F)F)s1. The molecule has 0 aliphatic carbocycles. The van der Waals surface area contributed by atoms with E-state index in [2.05, 4.69) is 31.0 Å². The van der Waals surface area contributed by atoms with Crippen LogP contribution >= 0.6 is 22.7 Å². The predicted molar refractivity (Wildman–Crippen MR) is 95.5 cm³/mol. The Kier molecular flexibility index (Phi) is 8.28.